The minimum atomic E-state index is -2.75. The minimum absolute atomic E-state index is 0.0437. The van der Waals surface area contributed by atoms with Gasteiger partial charge in [-0.25, -0.2) is 18.2 Å². The molecule has 130 valence electrons. The average molecular weight is 385 g/mol. The third-order valence-corrected chi connectivity index (χ3v) is 4.58. The topological polar surface area (TPSA) is 72.7 Å². The molecule has 0 unspecified atom stereocenters. The molecule has 3 rings (SSSR count). The first-order chi connectivity index (χ1) is 12.0. The molecule has 0 saturated carbocycles. The maximum absolute atomic E-state index is 13.1. The highest BCUT2D eigenvalue weighted by molar-refractivity contribution is 7.98. The van der Waals surface area contributed by atoms with Crippen molar-refractivity contribution in [3.63, 3.8) is 0 Å². The highest BCUT2D eigenvalue weighted by atomic mass is 32.2. The number of alkyl halides is 2. The first-order valence-electron chi connectivity index (χ1n) is 6.80. The third-order valence-electron chi connectivity index (χ3n) is 3.08. The Balaban J connectivity index is 1.92. The van der Waals surface area contributed by atoms with Crippen LogP contribution in [-0.2, 0) is 0 Å². The predicted octanol–water partition coefficient (Wildman–Crippen LogP) is 3.77. The van der Waals surface area contributed by atoms with Crippen molar-refractivity contribution in [1.29, 1.82) is 0 Å². The second-order valence-corrected chi connectivity index (χ2v) is 6.42. The molecular weight excluding hydrogens is 375 g/mol. The van der Waals surface area contributed by atoms with Crippen molar-refractivity contribution in [2.45, 2.75) is 11.6 Å². The Bertz CT molecular complexity index is 894. The van der Waals surface area contributed by atoms with Gasteiger partial charge >= 0.3 is 0 Å². The number of nitrogens with one attached hydrogen (secondary N) is 1. The monoisotopic (exact) mass is 385 g/mol. The average Bonchev–Trinajstić information content (AvgIpc) is 3.22. The second-order valence-electron chi connectivity index (χ2n) is 4.64. The van der Waals surface area contributed by atoms with Crippen molar-refractivity contribution in [3.8, 4) is 5.69 Å². The van der Waals surface area contributed by atoms with Gasteiger partial charge in [0.25, 0.3) is 12.3 Å². The molecule has 0 aliphatic heterocycles. The molecule has 0 aliphatic carbocycles. The smallest absolute Gasteiger partial charge is 0.291 e. The maximum atomic E-state index is 13.1. The van der Waals surface area contributed by atoms with Crippen molar-refractivity contribution in [2.75, 3.05) is 11.6 Å². The lowest BCUT2D eigenvalue weighted by atomic mass is 10.3. The van der Waals surface area contributed by atoms with Crippen LogP contribution >= 0.6 is 23.1 Å². The van der Waals surface area contributed by atoms with Crippen molar-refractivity contribution >= 4 is 34.1 Å². The van der Waals surface area contributed by atoms with E-state index in [1.54, 1.807) is 6.26 Å². The number of imidazole rings is 1. The van der Waals surface area contributed by atoms with E-state index in [-0.39, 0.29) is 10.8 Å². The number of hydrogen-bond donors (Lipinski definition) is 1. The van der Waals surface area contributed by atoms with Crippen LogP contribution in [0.2, 0.25) is 0 Å². The Morgan fingerprint density at radius 1 is 1.28 bits per heavy atom. The molecule has 0 fully saturated rings. The van der Waals surface area contributed by atoms with Crippen LogP contribution in [0.25, 0.3) is 5.69 Å². The molecule has 1 N–H and O–H groups in total. The molecule has 0 bridgehead atoms. The van der Waals surface area contributed by atoms with E-state index in [9.17, 15) is 18.0 Å². The quantitative estimate of drug-likeness (QED) is 0.677. The molecule has 25 heavy (non-hydrogen) atoms. The molecule has 2 heterocycles. The second kappa shape index (κ2) is 7.23. The van der Waals surface area contributed by atoms with E-state index < -0.39 is 23.2 Å². The molecule has 0 radical (unpaired) electrons. The number of carbonyl (C=O) groups is 1. The first-order valence-corrected chi connectivity index (χ1v) is 8.84. The van der Waals surface area contributed by atoms with Crippen LogP contribution in [0.4, 0.5) is 18.3 Å². The molecule has 0 saturated heterocycles. The Labute approximate surface area is 148 Å². The van der Waals surface area contributed by atoms with Crippen LogP contribution in [0.1, 0.15) is 21.9 Å². The number of aromatic nitrogens is 4. The van der Waals surface area contributed by atoms with Crippen LogP contribution in [0.5, 0.6) is 0 Å². The van der Waals surface area contributed by atoms with Crippen LogP contribution in [0.15, 0.2) is 35.6 Å². The highest BCUT2D eigenvalue weighted by Crippen LogP contribution is 2.26. The summed E-state index contributed by atoms with van der Waals surface area (Å²) in [6.45, 7) is 0. The lowest BCUT2D eigenvalue weighted by Gasteiger charge is -2.10. The van der Waals surface area contributed by atoms with Gasteiger partial charge in [0, 0.05) is 5.69 Å². The molecule has 2 aromatic heterocycles. The zero-order valence-corrected chi connectivity index (χ0v) is 14.2. The summed E-state index contributed by atoms with van der Waals surface area (Å²) in [4.78, 5) is 16.6. The van der Waals surface area contributed by atoms with Gasteiger partial charge in [-0.05, 0) is 30.5 Å². The first kappa shape index (κ1) is 17.4. The Morgan fingerprint density at radius 2 is 2.00 bits per heavy atom. The SMILES string of the molecule is CSc1ncc(C(=O)Nc2nnc(C(F)F)s2)n1-c1ccc(F)cc1. The zero-order chi connectivity index (χ0) is 18.0. The predicted molar refractivity (Wildman–Crippen MR) is 88.1 cm³/mol. The molecule has 1 amide bonds. The fourth-order valence-electron chi connectivity index (χ4n) is 2.01. The van der Waals surface area contributed by atoms with E-state index in [0.717, 1.165) is 0 Å². The number of halogens is 3. The molecule has 0 aliphatic rings. The molecule has 3 aromatic rings. The van der Waals surface area contributed by atoms with Crippen LogP contribution < -0.4 is 5.32 Å². The van der Waals surface area contributed by atoms with Crippen molar-refractivity contribution in [1.82, 2.24) is 19.7 Å². The van der Waals surface area contributed by atoms with E-state index in [0.29, 0.717) is 22.2 Å². The van der Waals surface area contributed by atoms with Crippen LogP contribution in [0.3, 0.4) is 0 Å². The van der Waals surface area contributed by atoms with Gasteiger partial charge in [-0.15, -0.1) is 10.2 Å². The van der Waals surface area contributed by atoms with E-state index in [1.165, 1.54) is 46.8 Å². The fraction of sp³-hybridized carbons (Fsp3) is 0.143. The summed E-state index contributed by atoms with van der Waals surface area (Å²) in [5, 5.41) is 9.24. The van der Waals surface area contributed by atoms with E-state index in [1.807, 2.05) is 0 Å². The fourth-order valence-corrected chi connectivity index (χ4v) is 3.15. The number of hydrogen-bond acceptors (Lipinski definition) is 6. The normalized spacial score (nSPS) is 11.1. The summed E-state index contributed by atoms with van der Waals surface area (Å²) >= 11 is 1.89. The summed E-state index contributed by atoms with van der Waals surface area (Å²) in [7, 11) is 0. The number of nitrogens with zero attached hydrogens (tertiary/aromatic N) is 4. The molecule has 1 aromatic carbocycles. The van der Waals surface area contributed by atoms with Gasteiger partial charge in [-0.1, -0.05) is 23.1 Å². The number of amides is 1. The van der Waals surface area contributed by atoms with Crippen LogP contribution in [-0.4, -0.2) is 31.9 Å². The van der Waals surface area contributed by atoms with E-state index >= 15 is 0 Å². The molecule has 0 spiro atoms. The van der Waals surface area contributed by atoms with Gasteiger partial charge in [0.15, 0.2) is 10.2 Å². The summed E-state index contributed by atoms with van der Waals surface area (Å²) < 4.78 is 39.8. The summed E-state index contributed by atoms with van der Waals surface area (Å²) in [6.07, 6.45) is 0.375. The van der Waals surface area contributed by atoms with Gasteiger partial charge < -0.3 is 0 Å². The van der Waals surface area contributed by atoms with Gasteiger partial charge in [-0.2, -0.15) is 0 Å². The molecular formula is C14H10F3N5OS2. The van der Waals surface area contributed by atoms with Gasteiger partial charge in [0.2, 0.25) is 5.13 Å². The Hall–Kier alpha value is -2.40. The number of carbonyl (C=O) groups excluding carboxylic acids is 1. The number of benzene rings is 1. The number of anilines is 1. The third kappa shape index (κ3) is 3.66. The van der Waals surface area contributed by atoms with E-state index in [2.05, 4.69) is 20.5 Å². The Morgan fingerprint density at radius 3 is 2.60 bits per heavy atom. The van der Waals surface area contributed by atoms with Crippen molar-refractivity contribution in [2.24, 2.45) is 0 Å². The summed E-state index contributed by atoms with van der Waals surface area (Å²) in [6, 6.07) is 5.54. The molecule has 0 atom stereocenters. The maximum Gasteiger partial charge on any atom is 0.291 e. The number of thioether (sulfide) groups is 1. The van der Waals surface area contributed by atoms with Crippen LogP contribution in [0, 0.1) is 5.82 Å². The summed E-state index contributed by atoms with van der Waals surface area (Å²) in [5.41, 5.74) is 0.698. The standard InChI is InChI=1S/C14H10F3N5OS2/c1-24-14-18-6-9(22(14)8-4-2-7(15)3-5-8)11(23)19-13-21-20-12(25-13)10(16)17/h2-6,10H,1H3,(H,19,21,23). The van der Waals surface area contributed by atoms with Gasteiger partial charge in [0.1, 0.15) is 11.5 Å². The number of rotatable bonds is 5. The lowest BCUT2D eigenvalue weighted by molar-refractivity contribution is 0.102. The van der Waals surface area contributed by atoms with Crippen molar-refractivity contribution < 1.29 is 18.0 Å². The highest BCUT2D eigenvalue weighted by Gasteiger charge is 2.20. The zero-order valence-electron chi connectivity index (χ0n) is 12.6. The van der Waals surface area contributed by atoms with E-state index in [4.69, 9.17) is 0 Å². The van der Waals surface area contributed by atoms with Gasteiger partial charge in [0.05, 0.1) is 6.20 Å². The Kier molecular flexibility index (Phi) is 5.04. The summed E-state index contributed by atoms with van der Waals surface area (Å²) in [5.74, 6) is -0.997. The lowest BCUT2D eigenvalue weighted by Crippen LogP contribution is -2.16. The molecule has 6 nitrogen and oxygen atoms in total. The van der Waals surface area contributed by atoms with Crippen molar-refractivity contribution in [3.05, 3.63) is 47.0 Å². The molecule has 11 heteroatoms. The van der Waals surface area contributed by atoms with Gasteiger partial charge in [-0.3, -0.25) is 14.7 Å². The minimum Gasteiger partial charge on any atom is -0.295 e. The largest absolute Gasteiger partial charge is 0.295 e.